The second kappa shape index (κ2) is 11.1. The molecule has 0 N–H and O–H groups in total. The van der Waals surface area contributed by atoms with Gasteiger partial charge in [0.25, 0.3) is 0 Å². The summed E-state index contributed by atoms with van der Waals surface area (Å²) in [5.41, 5.74) is 10.5. The standard InChI is InChI=1S/2C18H17.C2H7Si.2ClH.Ti/c2*1-2-8-16-13-15-11-6-7-12-17(15)18(16)14-9-4-3-5-10-14;1-3-2;;;/h2*3-7,9-13H,2,8H2,1H3;3H,1-2H3;2*1H;/q;;;;;+2/p-2. The molecule has 0 spiro atoms. The number of hydrogen-bond donors (Lipinski definition) is 0. The molecule has 42 heavy (non-hydrogen) atoms. The molecule has 4 aromatic carbocycles. The van der Waals surface area contributed by atoms with Gasteiger partial charge in [0.1, 0.15) is 0 Å². The van der Waals surface area contributed by atoms with E-state index < -0.39 is 26.5 Å². The summed E-state index contributed by atoms with van der Waals surface area (Å²) in [6.45, 7) is 7.60. The molecule has 0 heterocycles. The topological polar surface area (TPSA) is 0 Å². The number of allylic oxidation sites excluding steroid dienone is 2. The molecule has 4 aromatic rings. The molecule has 0 aliphatic heterocycles. The van der Waals surface area contributed by atoms with Crippen molar-refractivity contribution in [3.05, 3.63) is 154 Å². The average molecular weight is 645 g/mol. The van der Waals surface area contributed by atoms with Gasteiger partial charge in [-0.25, -0.2) is 0 Å². The van der Waals surface area contributed by atoms with E-state index in [2.05, 4.69) is 148 Å². The van der Waals surface area contributed by atoms with Crippen LogP contribution in [-0.4, -0.2) is 6.66 Å². The first kappa shape index (κ1) is 29.9. The quantitative estimate of drug-likeness (QED) is 0.159. The number of benzene rings is 4. The zero-order chi connectivity index (χ0) is 29.6. The maximum atomic E-state index is 9.18. The first-order valence-corrected chi connectivity index (χ1v) is 27.0. The van der Waals surface area contributed by atoms with Gasteiger partial charge in [-0.05, 0) is 0 Å². The minimum absolute atomic E-state index is 0.589. The number of fused-ring (bicyclic) bond motifs is 2. The van der Waals surface area contributed by atoms with Crippen molar-refractivity contribution in [2.24, 2.45) is 0 Å². The van der Waals surface area contributed by atoms with E-state index in [-0.39, 0.29) is 0 Å². The van der Waals surface area contributed by atoms with Crippen LogP contribution >= 0.6 is 18.6 Å². The molecule has 215 valence electrons. The Hall–Kier alpha value is -2.13. The normalized spacial score (nSPS) is 22.2. The Balaban J connectivity index is 1.91. The Morgan fingerprint density at radius 1 is 0.548 bits per heavy atom. The predicted molar refractivity (Wildman–Crippen MR) is 184 cm³/mol. The molecule has 0 fully saturated rings. The van der Waals surface area contributed by atoms with Gasteiger partial charge < -0.3 is 0 Å². The molecule has 2 unspecified atom stereocenters. The van der Waals surface area contributed by atoms with Gasteiger partial charge in [-0.2, -0.15) is 0 Å². The van der Waals surface area contributed by atoms with Crippen molar-refractivity contribution in [2.75, 3.05) is 0 Å². The van der Waals surface area contributed by atoms with Gasteiger partial charge in [-0.3, -0.25) is 0 Å². The van der Waals surface area contributed by atoms with E-state index in [0.29, 0.717) is 0 Å². The molecule has 2 aliphatic rings. The van der Waals surface area contributed by atoms with Crippen LogP contribution in [0.3, 0.4) is 0 Å². The van der Waals surface area contributed by atoms with E-state index in [1.165, 1.54) is 44.5 Å². The van der Waals surface area contributed by atoms with Crippen LogP contribution in [0.15, 0.2) is 120 Å². The van der Waals surface area contributed by atoms with Gasteiger partial charge in [0.2, 0.25) is 0 Å². The Morgan fingerprint density at radius 3 is 1.26 bits per heavy atom. The summed E-state index contributed by atoms with van der Waals surface area (Å²) < 4.78 is -1.18. The molecule has 0 amide bonds. The van der Waals surface area contributed by atoms with E-state index in [9.17, 15) is 18.6 Å². The van der Waals surface area contributed by atoms with Crippen LogP contribution in [-0.2, 0) is 19.9 Å². The second-order valence-electron chi connectivity index (χ2n) is 12.5. The van der Waals surface area contributed by atoms with Gasteiger partial charge in [-0.1, -0.05) is 0 Å². The number of hydrogen-bond acceptors (Lipinski definition) is 0. The Kier molecular flexibility index (Phi) is 7.91. The van der Waals surface area contributed by atoms with E-state index >= 15 is 0 Å². The van der Waals surface area contributed by atoms with Crippen molar-refractivity contribution in [3.8, 4) is 0 Å². The molecule has 4 heteroatoms. The van der Waals surface area contributed by atoms with Crippen molar-refractivity contribution in [3.63, 3.8) is 0 Å². The molecule has 0 saturated heterocycles. The van der Waals surface area contributed by atoms with Gasteiger partial charge in [0.05, 0.1) is 0 Å². The first-order valence-electron chi connectivity index (χ1n) is 15.6. The molecular weight excluding hydrogens is 603 g/mol. The fourth-order valence-corrected chi connectivity index (χ4v) is 36.0. The fourth-order valence-electron chi connectivity index (χ4n) is 8.74. The van der Waals surface area contributed by atoms with Crippen LogP contribution in [0, 0.1) is 0 Å². The van der Waals surface area contributed by atoms with E-state index in [0.717, 1.165) is 25.7 Å². The third-order valence-electron chi connectivity index (χ3n) is 10.2. The molecule has 0 nitrogen and oxygen atoms in total. The molecule has 0 radical (unpaired) electrons. The van der Waals surface area contributed by atoms with E-state index in [1.807, 2.05) is 0 Å². The fraction of sp³-hybridized carbons (Fsp3) is 0.263. The Labute approximate surface area is 261 Å². The van der Waals surface area contributed by atoms with Crippen LogP contribution in [0.2, 0.25) is 13.1 Å². The van der Waals surface area contributed by atoms with Gasteiger partial charge in [0.15, 0.2) is 0 Å². The van der Waals surface area contributed by atoms with E-state index in [1.54, 1.807) is 0 Å². The maximum absolute atomic E-state index is 9.18. The summed E-state index contributed by atoms with van der Waals surface area (Å²) in [5.74, 6) is 0. The summed E-state index contributed by atoms with van der Waals surface area (Å²) in [7, 11) is 18.4. The zero-order valence-corrected chi connectivity index (χ0v) is 29.4. The van der Waals surface area contributed by atoms with Crippen LogP contribution < -0.4 is 0 Å². The third-order valence-corrected chi connectivity index (χ3v) is 47.8. The van der Waals surface area contributed by atoms with Crippen molar-refractivity contribution in [1.29, 1.82) is 0 Å². The Morgan fingerprint density at radius 2 is 0.905 bits per heavy atom. The van der Waals surface area contributed by atoms with Crippen LogP contribution in [0.5, 0.6) is 0 Å². The molecule has 0 bridgehead atoms. The number of rotatable bonds is 9. The summed E-state index contributed by atoms with van der Waals surface area (Å²) in [5, 5.41) is 0. The van der Waals surface area contributed by atoms with Gasteiger partial charge in [-0.15, -0.1) is 0 Å². The first-order chi connectivity index (χ1) is 20.3. The molecule has 0 aromatic heterocycles. The predicted octanol–water partition coefficient (Wildman–Crippen LogP) is 11.2. The summed E-state index contributed by atoms with van der Waals surface area (Å²) in [4.78, 5) is 0. The van der Waals surface area contributed by atoms with Crippen LogP contribution in [0.4, 0.5) is 0 Å². The van der Waals surface area contributed by atoms with Gasteiger partial charge >= 0.3 is 264 Å². The molecule has 2 aliphatic carbocycles. The monoisotopic (exact) mass is 643 g/mol. The molecule has 2 atom stereocenters. The van der Waals surface area contributed by atoms with Crippen molar-refractivity contribution < 1.29 is 12.4 Å². The average Bonchev–Trinajstić information content (AvgIpc) is 3.53. The third kappa shape index (κ3) is 3.71. The summed E-state index contributed by atoms with van der Waals surface area (Å²) >= 11 is -5.14. The van der Waals surface area contributed by atoms with Crippen molar-refractivity contribution in [1.82, 2.24) is 0 Å². The van der Waals surface area contributed by atoms with Crippen molar-refractivity contribution >= 4 is 37.4 Å². The zero-order valence-electron chi connectivity index (χ0n) is 25.2. The second-order valence-corrected chi connectivity index (χ2v) is 41.0. The van der Waals surface area contributed by atoms with Crippen LogP contribution in [0.1, 0.15) is 72.9 Å². The molecule has 0 saturated carbocycles. The molecule has 6 rings (SSSR count). The SMILES string of the molecule is CCCC1=Cc2ccccc2[C]1(c1ccccc1)[Ti]([Cl])([Cl])([SiH](C)C)[C]1(c2ccccc2)C(CCC)=Cc2ccccc21. The summed E-state index contributed by atoms with van der Waals surface area (Å²) in [6.07, 6.45) is 8.91. The van der Waals surface area contributed by atoms with Gasteiger partial charge in [0, 0.05) is 0 Å². The van der Waals surface area contributed by atoms with E-state index in [4.69, 9.17) is 0 Å². The number of halogens is 2. The molecular formula is C38H41Cl2SiTi. The Bertz CT molecular complexity index is 1550. The summed E-state index contributed by atoms with van der Waals surface area (Å²) in [6, 6.07) is 40.2. The van der Waals surface area contributed by atoms with Crippen LogP contribution in [0.25, 0.3) is 12.2 Å². The minimum atomic E-state index is -5.14. The van der Waals surface area contributed by atoms with Crippen molar-refractivity contribution in [2.45, 2.75) is 60.1 Å².